The normalized spacial score (nSPS) is 19.6. The first-order valence-electron chi connectivity index (χ1n) is 5.88. The highest BCUT2D eigenvalue weighted by Crippen LogP contribution is 2.29. The van der Waals surface area contributed by atoms with E-state index < -0.39 is 12.5 Å². The van der Waals surface area contributed by atoms with E-state index in [0.717, 1.165) is 18.7 Å². The van der Waals surface area contributed by atoms with Crippen LogP contribution in [0.15, 0.2) is 24.3 Å². The van der Waals surface area contributed by atoms with Crippen LogP contribution in [-0.4, -0.2) is 32.2 Å². The molecule has 1 aromatic carbocycles. The molecule has 0 bridgehead atoms. The van der Waals surface area contributed by atoms with Crippen molar-refractivity contribution in [1.82, 2.24) is 10.6 Å². The molecule has 8 heteroatoms. The first-order valence-corrected chi connectivity index (χ1v) is 5.88. The molecule has 1 aliphatic heterocycles. The molecule has 0 saturated carbocycles. The van der Waals surface area contributed by atoms with Crippen molar-refractivity contribution in [3.05, 3.63) is 29.8 Å². The molecule has 3 nitrogen and oxygen atoms in total. The van der Waals surface area contributed by atoms with Crippen molar-refractivity contribution in [1.29, 1.82) is 0 Å². The van der Waals surface area contributed by atoms with E-state index >= 15 is 0 Å². The second kappa shape index (κ2) is 7.10. The van der Waals surface area contributed by atoms with Gasteiger partial charge in [-0.1, -0.05) is 12.1 Å². The highest BCUT2D eigenvalue weighted by atomic mass is 35.5. The van der Waals surface area contributed by atoms with Gasteiger partial charge in [0.05, 0.1) is 0 Å². The molecule has 1 aromatic rings. The van der Waals surface area contributed by atoms with Crippen molar-refractivity contribution >= 4 is 12.4 Å². The smallest absolute Gasteiger partial charge is 0.428 e. The SMILES string of the molecule is Cl.FC(F)C(F)(F)Oc1cccc([C@@H]2CNCCN2)c1. The number of alkyl halides is 4. The van der Waals surface area contributed by atoms with Gasteiger partial charge in [-0.3, -0.25) is 0 Å². The number of nitrogens with one attached hydrogen (secondary N) is 2. The lowest BCUT2D eigenvalue weighted by Crippen LogP contribution is -2.42. The third-order valence-electron chi connectivity index (χ3n) is 2.81. The van der Waals surface area contributed by atoms with Crippen LogP contribution in [0.25, 0.3) is 0 Å². The molecule has 20 heavy (non-hydrogen) atoms. The van der Waals surface area contributed by atoms with Crippen molar-refractivity contribution < 1.29 is 22.3 Å². The van der Waals surface area contributed by atoms with Gasteiger partial charge in [-0.2, -0.15) is 17.6 Å². The molecule has 1 fully saturated rings. The van der Waals surface area contributed by atoms with Gasteiger partial charge in [0.15, 0.2) is 0 Å². The fourth-order valence-electron chi connectivity index (χ4n) is 1.89. The third kappa shape index (κ3) is 4.22. The van der Waals surface area contributed by atoms with Gasteiger partial charge < -0.3 is 15.4 Å². The van der Waals surface area contributed by atoms with E-state index in [1.807, 2.05) is 0 Å². The summed E-state index contributed by atoms with van der Waals surface area (Å²) in [5.74, 6) is -0.268. The molecular formula is C12H15ClF4N2O. The lowest BCUT2D eigenvalue weighted by molar-refractivity contribution is -0.253. The summed E-state index contributed by atoms with van der Waals surface area (Å²) in [5, 5.41) is 6.34. The van der Waals surface area contributed by atoms with Crippen LogP contribution in [0.5, 0.6) is 5.75 Å². The fraction of sp³-hybridized carbons (Fsp3) is 0.500. The minimum absolute atomic E-state index is 0. The average molecular weight is 315 g/mol. The number of ether oxygens (including phenoxy) is 1. The van der Waals surface area contributed by atoms with Gasteiger partial charge >= 0.3 is 12.5 Å². The summed E-state index contributed by atoms with van der Waals surface area (Å²) in [7, 11) is 0. The minimum Gasteiger partial charge on any atom is -0.428 e. The van der Waals surface area contributed by atoms with Crippen LogP contribution in [0.4, 0.5) is 17.6 Å². The van der Waals surface area contributed by atoms with Crippen LogP contribution in [0.2, 0.25) is 0 Å². The first-order chi connectivity index (χ1) is 8.99. The van der Waals surface area contributed by atoms with Gasteiger partial charge in [-0.05, 0) is 17.7 Å². The largest absolute Gasteiger partial charge is 0.461 e. The maximum atomic E-state index is 12.8. The molecule has 2 N–H and O–H groups in total. The molecule has 0 spiro atoms. The number of benzene rings is 1. The maximum Gasteiger partial charge on any atom is 0.461 e. The van der Waals surface area contributed by atoms with E-state index in [-0.39, 0.29) is 24.2 Å². The number of hydrogen-bond acceptors (Lipinski definition) is 3. The van der Waals surface area contributed by atoms with Crippen LogP contribution < -0.4 is 15.4 Å². The highest BCUT2D eigenvalue weighted by molar-refractivity contribution is 5.85. The molecule has 1 heterocycles. The van der Waals surface area contributed by atoms with E-state index in [4.69, 9.17) is 0 Å². The van der Waals surface area contributed by atoms with E-state index in [1.54, 1.807) is 6.07 Å². The van der Waals surface area contributed by atoms with Gasteiger partial charge in [0.1, 0.15) is 5.75 Å². The highest BCUT2D eigenvalue weighted by Gasteiger charge is 2.44. The van der Waals surface area contributed by atoms with Crippen LogP contribution in [0.1, 0.15) is 11.6 Å². The first kappa shape index (κ1) is 17.0. The predicted molar refractivity (Wildman–Crippen MR) is 68.9 cm³/mol. The zero-order valence-corrected chi connectivity index (χ0v) is 11.2. The Kier molecular flexibility index (Phi) is 6.04. The second-order valence-corrected chi connectivity index (χ2v) is 4.25. The summed E-state index contributed by atoms with van der Waals surface area (Å²) < 4.78 is 53.8. The molecule has 2 rings (SSSR count). The predicted octanol–water partition coefficient (Wildman–Crippen LogP) is 2.58. The van der Waals surface area contributed by atoms with Crippen molar-refractivity contribution in [2.45, 2.75) is 18.6 Å². The van der Waals surface area contributed by atoms with Crippen LogP contribution in [-0.2, 0) is 0 Å². The zero-order valence-electron chi connectivity index (χ0n) is 10.4. The summed E-state index contributed by atoms with van der Waals surface area (Å²) in [6.45, 7) is 2.23. The Labute approximate surface area is 120 Å². The topological polar surface area (TPSA) is 33.3 Å². The Morgan fingerprint density at radius 1 is 1.25 bits per heavy atom. The lowest BCUT2D eigenvalue weighted by Gasteiger charge is -2.25. The third-order valence-corrected chi connectivity index (χ3v) is 2.81. The Balaban J connectivity index is 0.00000200. The summed E-state index contributed by atoms with van der Waals surface area (Å²) in [6, 6.07) is 5.77. The summed E-state index contributed by atoms with van der Waals surface area (Å²) in [5.41, 5.74) is 0.717. The van der Waals surface area contributed by atoms with Crippen LogP contribution >= 0.6 is 12.4 Å². The molecule has 0 radical (unpaired) electrons. The standard InChI is InChI=1S/C12H14F4N2O.ClH/c13-11(14)12(15,16)19-9-3-1-2-8(6-9)10-7-17-4-5-18-10;/h1-3,6,10-11,17-18H,4-5,7H2;1H/t10-;/m0./s1. The lowest BCUT2D eigenvalue weighted by atomic mass is 10.1. The molecule has 0 unspecified atom stereocenters. The Bertz CT molecular complexity index is 428. The quantitative estimate of drug-likeness (QED) is 0.838. The number of halogens is 5. The molecule has 1 aliphatic rings. The zero-order chi connectivity index (χ0) is 13.9. The Morgan fingerprint density at radius 2 is 2.00 bits per heavy atom. The molecular weight excluding hydrogens is 300 g/mol. The van der Waals surface area contributed by atoms with E-state index in [0.29, 0.717) is 6.54 Å². The summed E-state index contributed by atoms with van der Waals surface area (Å²) in [6.07, 6.45) is -8.33. The molecule has 1 atom stereocenters. The summed E-state index contributed by atoms with van der Waals surface area (Å²) in [4.78, 5) is 0. The number of hydrogen-bond donors (Lipinski definition) is 2. The Morgan fingerprint density at radius 3 is 2.60 bits per heavy atom. The molecule has 0 amide bonds. The van der Waals surface area contributed by atoms with E-state index in [2.05, 4.69) is 15.4 Å². The van der Waals surface area contributed by atoms with Crippen molar-refractivity contribution in [3.63, 3.8) is 0 Å². The van der Waals surface area contributed by atoms with Crippen molar-refractivity contribution in [2.24, 2.45) is 0 Å². The van der Waals surface area contributed by atoms with E-state index in [9.17, 15) is 17.6 Å². The number of rotatable bonds is 4. The molecule has 1 saturated heterocycles. The molecule has 114 valence electrons. The maximum absolute atomic E-state index is 12.8. The van der Waals surface area contributed by atoms with Crippen molar-refractivity contribution in [3.8, 4) is 5.75 Å². The summed E-state index contributed by atoms with van der Waals surface area (Å²) >= 11 is 0. The van der Waals surface area contributed by atoms with Gasteiger partial charge in [0.25, 0.3) is 0 Å². The average Bonchev–Trinajstić information content (AvgIpc) is 2.39. The minimum atomic E-state index is -4.48. The monoisotopic (exact) mass is 314 g/mol. The molecule has 0 aromatic heterocycles. The van der Waals surface area contributed by atoms with Gasteiger partial charge in [-0.25, -0.2) is 0 Å². The van der Waals surface area contributed by atoms with E-state index in [1.165, 1.54) is 18.2 Å². The fourth-order valence-corrected chi connectivity index (χ4v) is 1.89. The van der Waals surface area contributed by atoms with Crippen molar-refractivity contribution in [2.75, 3.05) is 19.6 Å². The molecule has 0 aliphatic carbocycles. The van der Waals surface area contributed by atoms with Crippen LogP contribution in [0, 0.1) is 0 Å². The second-order valence-electron chi connectivity index (χ2n) is 4.25. The van der Waals surface area contributed by atoms with Gasteiger partial charge in [0.2, 0.25) is 0 Å². The Hall–Kier alpha value is -1.05. The van der Waals surface area contributed by atoms with Gasteiger partial charge in [-0.15, -0.1) is 12.4 Å². The number of piperazine rings is 1. The van der Waals surface area contributed by atoms with Gasteiger partial charge in [0, 0.05) is 25.7 Å². The van der Waals surface area contributed by atoms with Crippen LogP contribution in [0.3, 0.4) is 0 Å².